The molecule has 0 unspecified atom stereocenters. The second-order valence-corrected chi connectivity index (χ2v) is 11.8. The number of thiazole rings is 1. The molecule has 0 atom stereocenters. The fourth-order valence-electron chi connectivity index (χ4n) is 5.00. The van der Waals surface area contributed by atoms with Gasteiger partial charge in [0, 0.05) is 49.1 Å². The Bertz CT molecular complexity index is 1730. The molecule has 0 bridgehead atoms. The highest BCUT2D eigenvalue weighted by molar-refractivity contribution is 7.15. The van der Waals surface area contributed by atoms with Gasteiger partial charge in [-0.15, -0.1) is 16.4 Å². The van der Waals surface area contributed by atoms with Crippen LogP contribution < -0.4 is 10.6 Å². The fraction of sp³-hybridized carbons (Fsp3) is 0.323. The van der Waals surface area contributed by atoms with Gasteiger partial charge in [0.2, 0.25) is 11.6 Å². The molecule has 0 saturated carbocycles. The Morgan fingerprint density at radius 2 is 1.98 bits per heavy atom. The van der Waals surface area contributed by atoms with E-state index in [9.17, 15) is 9.59 Å². The number of hydrogen-bond acceptors (Lipinski definition) is 12. The largest absolute Gasteiger partial charge is 0.367 e. The number of aromatic nitrogens is 6. The first kappa shape index (κ1) is 31.6. The molecule has 0 saturated heterocycles. The SMILES string of the molecule is CCCN(C)Cc1cccc(C(=O)Nc2nc3c(s2)CN(C)CC3)c1.CNc1nonc1-n1nnc(C=O)c1-c1ccccc1. The van der Waals surface area contributed by atoms with Crippen molar-refractivity contribution in [2.75, 3.05) is 44.9 Å². The van der Waals surface area contributed by atoms with E-state index in [1.54, 1.807) is 18.4 Å². The van der Waals surface area contributed by atoms with Crippen LogP contribution in [-0.2, 0) is 19.5 Å². The summed E-state index contributed by atoms with van der Waals surface area (Å²) >= 11 is 1.59. The van der Waals surface area contributed by atoms with Gasteiger partial charge in [-0.1, -0.05) is 54.6 Å². The summed E-state index contributed by atoms with van der Waals surface area (Å²) in [6, 6.07) is 17.2. The highest BCUT2D eigenvalue weighted by Crippen LogP contribution is 2.28. The number of carbonyl (C=O) groups is 2. The summed E-state index contributed by atoms with van der Waals surface area (Å²) in [5.74, 6) is 0.663. The van der Waals surface area contributed by atoms with Crippen LogP contribution in [0.2, 0.25) is 0 Å². The Morgan fingerprint density at radius 1 is 1.16 bits per heavy atom. The van der Waals surface area contributed by atoms with Gasteiger partial charge >= 0.3 is 0 Å². The second-order valence-electron chi connectivity index (χ2n) is 10.7. The average molecular weight is 629 g/mol. The molecule has 0 radical (unpaired) electrons. The molecule has 0 aliphatic carbocycles. The summed E-state index contributed by atoms with van der Waals surface area (Å²) < 4.78 is 6.10. The normalized spacial score (nSPS) is 12.7. The first-order valence-corrected chi connectivity index (χ1v) is 15.4. The van der Waals surface area contributed by atoms with E-state index in [1.165, 1.54) is 9.56 Å². The summed E-state index contributed by atoms with van der Waals surface area (Å²) in [4.78, 5) is 34.1. The van der Waals surface area contributed by atoms with Gasteiger partial charge < -0.3 is 15.1 Å². The number of nitrogens with one attached hydrogen (secondary N) is 2. The summed E-state index contributed by atoms with van der Waals surface area (Å²) in [6.07, 6.45) is 2.73. The van der Waals surface area contributed by atoms with E-state index < -0.39 is 0 Å². The van der Waals surface area contributed by atoms with Crippen molar-refractivity contribution in [1.29, 1.82) is 0 Å². The van der Waals surface area contributed by atoms with Crippen molar-refractivity contribution in [3.63, 3.8) is 0 Å². The van der Waals surface area contributed by atoms with E-state index in [0.29, 0.717) is 34.3 Å². The number of aldehydes is 1. The molecule has 1 amide bonds. The average Bonchev–Trinajstić information content (AvgIpc) is 3.79. The van der Waals surface area contributed by atoms with Crippen LogP contribution in [0.3, 0.4) is 0 Å². The number of carbonyl (C=O) groups excluding carboxylic acids is 2. The van der Waals surface area contributed by atoms with Crippen LogP contribution >= 0.6 is 11.3 Å². The van der Waals surface area contributed by atoms with Crippen molar-refractivity contribution in [1.82, 2.24) is 40.1 Å². The van der Waals surface area contributed by atoms with Crippen molar-refractivity contribution in [2.24, 2.45) is 0 Å². The van der Waals surface area contributed by atoms with Crippen LogP contribution in [0.4, 0.5) is 10.9 Å². The van der Waals surface area contributed by atoms with Crippen molar-refractivity contribution < 1.29 is 14.2 Å². The highest BCUT2D eigenvalue weighted by Gasteiger charge is 2.22. The molecule has 13 nitrogen and oxygen atoms in total. The Morgan fingerprint density at radius 3 is 2.73 bits per heavy atom. The van der Waals surface area contributed by atoms with Crippen LogP contribution in [0.25, 0.3) is 17.1 Å². The van der Waals surface area contributed by atoms with Crippen LogP contribution in [0.1, 0.15) is 50.3 Å². The first-order valence-electron chi connectivity index (χ1n) is 14.6. The number of hydrogen-bond donors (Lipinski definition) is 2. The van der Waals surface area contributed by atoms with Crippen LogP contribution in [0, 0.1) is 0 Å². The molecule has 14 heteroatoms. The minimum absolute atomic E-state index is 0.0838. The first-order chi connectivity index (χ1) is 21.9. The number of likely N-dealkylation sites (N-methyl/N-ethyl adjacent to an activating group) is 1. The zero-order valence-electron chi connectivity index (χ0n) is 25.7. The van der Waals surface area contributed by atoms with Crippen molar-refractivity contribution in [2.45, 2.75) is 32.9 Å². The monoisotopic (exact) mass is 628 g/mol. The maximum atomic E-state index is 12.6. The maximum absolute atomic E-state index is 12.6. The summed E-state index contributed by atoms with van der Waals surface area (Å²) in [5, 5.41) is 21.8. The lowest BCUT2D eigenvalue weighted by Gasteiger charge is -2.20. The molecule has 2 aromatic carbocycles. The lowest BCUT2D eigenvalue weighted by atomic mass is 10.1. The molecule has 2 N–H and O–H groups in total. The van der Waals surface area contributed by atoms with E-state index in [-0.39, 0.29) is 11.6 Å². The van der Waals surface area contributed by atoms with Gasteiger partial charge in [0.15, 0.2) is 17.1 Å². The molecular weight excluding hydrogens is 592 g/mol. The Balaban J connectivity index is 0.000000182. The number of anilines is 2. The van der Waals surface area contributed by atoms with Gasteiger partial charge in [-0.2, -0.15) is 4.68 Å². The third-order valence-electron chi connectivity index (χ3n) is 7.15. The van der Waals surface area contributed by atoms with Gasteiger partial charge in [-0.05, 0) is 55.1 Å². The zero-order valence-corrected chi connectivity index (χ0v) is 26.5. The maximum Gasteiger partial charge on any atom is 0.257 e. The molecule has 0 fully saturated rings. The number of fused-ring (bicyclic) bond motifs is 1. The molecule has 3 aromatic heterocycles. The molecule has 4 heterocycles. The quantitative estimate of drug-likeness (QED) is 0.212. The number of amides is 1. The topological polar surface area (TPSA) is 147 Å². The molecule has 6 rings (SSSR count). The van der Waals surface area contributed by atoms with E-state index in [2.05, 4.69) is 77.8 Å². The predicted octanol–water partition coefficient (Wildman–Crippen LogP) is 4.40. The number of rotatable bonds is 10. The molecule has 0 spiro atoms. The standard InChI is InChI=1S/C19H26N4OS.C12H10N6O2/c1-4-9-22(2)12-14-6-5-7-15(11-14)18(24)21-19-20-16-8-10-23(3)13-17(16)25-19;1-13-11-12(16-20-15-11)18-10(9(7-19)14-17-18)8-5-3-2-4-6-8/h5-7,11H,4,8-10,12-13H2,1-3H3,(H,20,21,24);2-7H,1H3,(H,13,15). The Kier molecular flexibility index (Phi) is 10.4. The van der Waals surface area contributed by atoms with Gasteiger partial charge in [0.05, 0.1) is 5.69 Å². The molecule has 1 aliphatic heterocycles. The van der Waals surface area contributed by atoms with E-state index in [4.69, 9.17) is 0 Å². The second kappa shape index (κ2) is 14.8. The minimum Gasteiger partial charge on any atom is -0.367 e. The van der Waals surface area contributed by atoms with Crippen molar-refractivity contribution in [3.05, 3.63) is 82.0 Å². The lowest BCUT2D eigenvalue weighted by Crippen LogP contribution is -2.25. The minimum atomic E-state index is -0.0838. The molecular formula is C31H36N10O3S. The summed E-state index contributed by atoms with van der Waals surface area (Å²) in [7, 11) is 5.90. The lowest BCUT2D eigenvalue weighted by molar-refractivity contribution is 0.102. The summed E-state index contributed by atoms with van der Waals surface area (Å²) in [6.45, 7) is 6.02. The molecule has 45 heavy (non-hydrogen) atoms. The van der Waals surface area contributed by atoms with Gasteiger partial charge in [-0.25, -0.2) is 9.61 Å². The van der Waals surface area contributed by atoms with E-state index in [0.717, 1.165) is 55.8 Å². The number of benzene rings is 2. The van der Waals surface area contributed by atoms with Gasteiger partial charge in [-0.3, -0.25) is 14.9 Å². The molecule has 234 valence electrons. The fourth-order valence-corrected chi connectivity index (χ4v) is 6.08. The Hall–Kier alpha value is -4.79. The predicted molar refractivity (Wildman–Crippen MR) is 173 cm³/mol. The molecule has 1 aliphatic rings. The van der Waals surface area contributed by atoms with Gasteiger partial charge in [0.1, 0.15) is 5.69 Å². The third-order valence-corrected chi connectivity index (χ3v) is 8.15. The van der Waals surface area contributed by atoms with Crippen LogP contribution in [-0.4, -0.2) is 86.5 Å². The number of nitrogens with zero attached hydrogens (tertiary/aromatic N) is 8. The van der Waals surface area contributed by atoms with E-state index >= 15 is 0 Å². The van der Waals surface area contributed by atoms with Gasteiger partial charge in [0.25, 0.3) is 5.91 Å². The van der Waals surface area contributed by atoms with Crippen molar-refractivity contribution in [3.8, 4) is 17.1 Å². The van der Waals surface area contributed by atoms with E-state index in [1.807, 2.05) is 48.5 Å². The molecule has 5 aromatic rings. The Labute approximate surface area is 265 Å². The van der Waals surface area contributed by atoms with Crippen molar-refractivity contribution >= 4 is 34.5 Å². The third kappa shape index (κ3) is 7.66. The highest BCUT2D eigenvalue weighted by atomic mass is 32.1. The zero-order chi connectivity index (χ0) is 31.8. The van der Waals surface area contributed by atoms with Crippen LogP contribution in [0.15, 0.2) is 59.2 Å². The summed E-state index contributed by atoms with van der Waals surface area (Å²) in [5.41, 5.74) is 4.53. The van der Waals surface area contributed by atoms with Crippen LogP contribution in [0.5, 0.6) is 0 Å². The smallest absolute Gasteiger partial charge is 0.257 e.